The molecule has 2 aromatic rings. The first-order chi connectivity index (χ1) is 11.6. The zero-order valence-electron chi connectivity index (χ0n) is 14.2. The van der Waals surface area contributed by atoms with Crippen molar-refractivity contribution in [2.75, 3.05) is 37.1 Å². The molecule has 1 amide bonds. The summed E-state index contributed by atoms with van der Waals surface area (Å²) in [6.07, 6.45) is 0. The van der Waals surface area contributed by atoms with Crippen molar-refractivity contribution < 1.29 is 9.53 Å². The van der Waals surface area contributed by atoms with Crippen LogP contribution >= 0.6 is 11.8 Å². The number of para-hydroxylation sites is 1. The first-order valence-corrected chi connectivity index (χ1v) is 9.09. The van der Waals surface area contributed by atoms with Gasteiger partial charge < -0.3 is 15.0 Å². The SMILES string of the molecule is CN(C)c1ccc(CNC(=O)CSCCOc2ccccc2)cc1. The fourth-order valence-electron chi connectivity index (χ4n) is 2.06. The topological polar surface area (TPSA) is 41.6 Å². The minimum atomic E-state index is 0.0522. The molecule has 0 aliphatic heterocycles. The fourth-order valence-corrected chi connectivity index (χ4v) is 2.70. The van der Waals surface area contributed by atoms with E-state index in [0.29, 0.717) is 18.9 Å². The number of carbonyl (C=O) groups excluding carboxylic acids is 1. The van der Waals surface area contributed by atoms with Crippen LogP contribution in [0.2, 0.25) is 0 Å². The molecule has 5 heteroatoms. The Bertz CT molecular complexity index is 615. The summed E-state index contributed by atoms with van der Waals surface area (Å²) in [6.45, 7) is 1.17. The second-order valence-electron chi connectivity index (χ2n) is 5.55. The first kappa shape index (κ1) is 18.2. The molecule has 0 atom stereocenters. The molecular weight excluding hydrogens is 320 g/mol. The van der Waals surface area contributed by atoms with Gasteiger partial charge in [0.25, 0.3) is 0 Å². The van der Waals surface area contributed by atoms with Crippen LogP contribution in [0.25, 0.3) is 0 Å². The molecule has 1 N–H and O–H groups in total. The minimum absolute atomic E-state index is 0.0522. The lowest BCUT2D eigenvalue weighted by molar-refractivity contribution is -0.118. The summed E-state index contributed by atoms with van der Waals surface area (Å²) in [4.78, 5) is 13.9. The summed E-state index contributed by atoms with van der Waals surface area (Å²) in [7, 11) is 4.02. The van der Waals surface area contributed by atoms with Crippen molar-refractivity contribution in [3.63, 3.8) is 0 Å². The molecule has 0 aliphatic carbocycles. The molecule has 0 radical (unpaired) electrons. The molecule has 0 saturated heterocycles. The molecule has 0 heterocycles. The van der Waals surface area contributed by atoms with Crippen molar-refractivity contribution in [3.05, 3.63) is 60.2 Å². The Morgan fingerprint density at radius 3 is 2.46 bits per heavy atom. The first-order valence-electron chi connectivity index (χ1n) is 7.94. The van der Waals surface area contributed by atoms with Crippen LogP contribution in [0.3, 0.4) is 0 Å². The molecule has 4 nitrogen and oxygen atoms in total. The number of ether oxygens (including phenoxy) is 1. The van der Waals surface area contributed by atoms with Crippen LogP contribution in [0, 0.1) is 0 Å². The van der Waals surface area contributed by atoms with Crippen molar-refractivity contribution in [2.45, 2.75) is 6.54 Å². The number of amides is 1. The van der Waals surface area contributed by atoms with Crippen molar-refractivity contribution in [1.82, 2.24) is 5.32 Å². The number of anilines is 1. The molecule has 2 rings (SSSR count). The molecule has 0 aliphatic rings. The lowest BCUT2D eigenvalue weighted by Gasteiger charge is -2.13. The number of hydrogen-bond donors (Lipinski definition) is 1. The van der Waals surface area contributed by atoms with Gasteiger partial charge in [-0.1, -0.05) is 30.3 Å². The molecular formula is C19H24N2O2S. The van der Waals surface area contributed by atoms with Crippen LogP contribution in [0.5, 0.6) is 5.75 Å². The van der Waals surface area contributed by atoms with E-state index in [1.807, 2.05) is 56.6 Å². The van der Waals surface area contributed by atoms with Gasteiger partial charge in [-0.25, -0.2) is 0 Å². The van der Waals surface area contributed by atoms with Crippen molar-refractivity contribution in [1.29, 1.82) is 0 Å². The normalized spacial score (nSPS) is 10.2. The third kappa shape index (κ3) is 6.54. The Hall–Kier alpha value is -2.14. The molecule has 0 bridgehead atoms. The number of nitrogens with zero attached hydrogens (tertiary/aromatic N) is 1. The zero-order chi connectivity index (χ0) is 17.2. The van der Waals surface area contributed by atoms with Gasteiger partial charge in [0.15, 0.2) is 0 Å². The van der Waals surface area contributed by atoms with Gasteiger partial charge in [-0.2, -0.15) is 0 Å². The maximum atomic E-state index is 11.8. The number of rotatable bonds is 9. The van der Waals surface area contributed by atoms with Gasteiger partial charge in [0.1, 0.15) is 5.75 Å². The molecule has 2 aromatic carbocycles. The zero-order valence-corrected chi connectivity index (χ0v) is 15.0. The quantitative estimate of drug-likeness (QED) is 0.710. The van der Waals surface area contributed by atoms with E-state index >= 15 is 0 Å². The van der Waals surface area contributed by atoms with E-state index in [1.54, 1.807) is 11.8 Å². The van der Waals surface area contributed by atoms with Gasteiger partial charge in [-0.15, -0.1) is 11.8 Å². The summed E-state index contributed by atoms with van der Waals surface area (Å²) in [5, 5.41) is 2.94. The Kier molecular flexibility index (Phi) is 7.49. The lowest BCUT2D eigenvalue weighted by Crippen LogP contribution is -2.25. The standard InChI is InChI=1S/C19H24N2O2S/c1-21(2)17-10-8-16(9-11-17)14-20-19(22)15-24-13-12-23-18-6-4-3-5-7-18/h3-11H,12-15H2,1-2H3,(H,20,22). The van der Waals surface area contributed by atoms with E-state index in [0.717, 1.165) is 22.8 Å². The number of thioether (sulfide) groups is 1. The van der Waals surface area contributed by atoms with Crippen molar-refractivity contribution in [2.24, 2.45) is 0 Å². The molecule has 0 aromatic heterocycles. The molecule has 0 spiro atoms. The highest BCUT2D eigenvalue weighted by molar-refractivity contribution is 7.99. The Morgan fingerprint density at radius 1 is 1.08 bits per heavy atom. The highest BCUT2D eigenvalue weighted by atomic mass is 32.2. The number of hydrogen-bond acceptors (Lipinski definition) is 4. The second-order valence-corrected chi connectivity index (χ2v) is 6.66. The average Bonchev–Trinajstić information content (AvgIpc) is 2.61. The summed E-state index contributed by atoms with van der Waals surface area (Å²) in [6, 6.07) is 17.9. The second kappa shape index (κ2) is 9.88. The number of carbonyl (C=O) groups is 1. The fraction of sp³-hybridized carbons (Fsp3) is 0.316. The summed E-state index contributed by atoms with van der Waals surface area (Å²) < 4.78 is 5.59. The summed E-state index contributed by atoms with van der Waals surface area (Å²) in [5.74, 6) is 2.16. The van der Waals surface area contributed by atoms with Gasteiger partial charge in [0, 0.05) is 32.1 Å². The van der Waals surface area contributed by atoms with Crippen LogP contribution in [-0.4, -0.2) is 38.1 Å². The number of benzene rings is 2. The Morgan fingerprint density at radius 2 is 1.79 bits per heavy atom. The maximum absolute atomic E-state index is 11.8. The van der Waals surface area contributed by atoms with Crippen molar-refractivity contribution >= 4 is 23.4 Å². The summed E-state index contributed by atoms with van der Waals surface area (Å²) in [5.41, 5.74) is 2.26. The molecule has 128 valence electrons. The smallest absolute Gasteiger partial charge is 0.230 e. The largest absolute Gasteiger partial charge is 0.493 e. The minimum Gasteiger partial charge on any atom is -0.493 e. The van der Waals surface area contributed by atoms with E-state index in [-0.39, 0.29) is 5.91 Å². The Labute approximate surface area is 148 Å². The lowest BCUT2D eigenvalue weighted by atomic mass is 10.2. The predicted octanol–water partition coefficient (Wildman–Crippen LogP) is 3.18. The van der Waals surface area contributed by atoms with Crippen LogP contribution in [0.1, 0.15) is 5.56 Å². The van der Waals surface area contributed by atoms with E-state index in [2.05, 4.69) is 22.3 Å². The third-order valence-electron chi connectivity index (χ3n) is 3.42. The summed E-state index contributed by atoms with van der Waals surface area (Å²) >= 11 is 1.58. The van der Waals surface area contributed by atoms with Crippen LogP contribution in [0.15, 0.2) is 54.6 Å². The highest BCUT2D eigenvalue weighted by Crippen LogP contribution is 2.12. The predicted molar refractivity (Wildman–Crippen MR) is 102 cm³/mol. The van der Waals surface area contributed by atoms with E-state index in [9.17, 15) is 4.79 Å². The molecule has 0 saturated carbocycles. The van der Waals surface area contributed by atoms with Gasteiger partial charge in [-0.3, -0.25) is 4.79 Å². The van der Waals surface area contributed by atoms with Gasteiger partial charge >= 0.3 is 0 Å². The Balaban J connectivity index is 1.58. The van der Waals surface area contributed by atoms with E-state index in [4.69, 9.17) is 4.74 Å². The third-order valence-corrected chi connectivity index (χ3v) is 4.34. The van der Waals surface area contributed by atoms with E-state index < -0.39 is 0 Å². The van der Waals surface area contributed by atoms with Gasteiger partial charge in [0.05, 0.1) is 12.4 Å². The van der Waals surface area contributed by atoms with Gasteiger partial charge in [0.2, 0.25) is 5.91 Å². The molecule has 24 heavy (non-hydrogen) atoms. The maximum Gasteiger partial charge on any atom is 0.230 e. The monoisotopic (exact) mass is 344 g/mol. The number of nitrogens with one attached hydrogen (secondary N) is 1. The molecule has 0 fully saturated rings. The van der Waals surface area contributed by atoms with Gasteiger partial charge in [-0.05, 0) is 29.8 Å². The van der Waals surface area contributed by atoms with Crippen LogP contribution < -0.4 is 15.0 Å². The highest BCUT2D eigenvalue weighted by Gasteiger charge is 2.02. The molecule has 0 unspecified atom stereocenters. The van der Waals surface area contributed by atoms with Crippen LogP contribution in [-0.2, 0) is 11.3 Å². The van der Waals surface area contributed by atoms with Crippen LogP contribution in [0.4, 0.5) is 5.69 Å². The average molecular weight is 344 g/mol. The van der Waals surface area contributed by atoms with Crippen molar-refractivity contribution in [3.8, 4) is 5.75 Å². The van der Waals surface area contributed by atoms with E-state index in [1.165, 1.54) is 0 Å².